The second kappa shape index (κ2) is 5.60. The third-order valence-corrected chi connectivity index (χ3v) is 4.88. The highest BCUT2D eigenvalue weighted by Crippen LogP contribution is 2.35. The van der Waals surface area contributed by atoms with Gasteiger partial charge in [0.05, 0.1) is 11.2 Å². The maximum Gasteiger partial charge on any atom is 0.157 e. The van der Waals surface area contributed by atoms with Crippen LogP contribution in [0.1, 0.15) is 38.3 Å². The average Bonchev–Trinajstić information content (AvgIpc) is 2.53. The molecule has 0 spiro atoms. The Morgan fingerprint density at radius 1 is 1.19 bits per heavy atom. The zero-order valence-corrected chi connectivity index (χ0v) is 12.9. The third kappa shape index (κ3) is 2.72. The molecule has 0 aliphatic heterocycles. The molecular weight excluding hydrogens is 260 g/mol. The number of aromatic nitrogens is 2. The van der Waals surface area contributed by atoms with E-state index in [9.17, 15) is 0 Å². The van der Waals surface area contributed by atoms with Crippen LogP contribution in [0.2, 0.25) is 0 Å². The number of nitrogens with zero attached hydrogens (tertiary/aromatic N) is 2. The van der Waals surface area contributed by atoms with Crippen molar-refractivity contribution in [3.63, 3.8) is 0 Å². The van der Waals surface area contributed by atoms with E-state index in [1.807, 2.05) is 19.1 Å². The zero-order chi connectivity index (χ0) is 14.9. The summed E-state index contributed by atoms with van der Waals surface area (Å²) in [5.74, 6) is 1.67. The lowest BCUT2D eigenvalue weighted by Gasteiger charge is -2.39. The van der Waals surface area contributed by atoms with Gasteiger partial charge in [0, 0.05) is 17.3 Å². The Labute approximate surface area is 126 Å². The predicted octanol–water partition coefficient (Wildman–Crippen LogP) is 3.26. The third-order valence-electron chi connectivity index (χ3n) is 4.88. The van der Waals surface area contributed by atoms with Crippen molar-refractivity contribution in [3.05, 3.63) is 30.0 Å². The molecule has 1 aromatic carbocycles. The zero-order valence-electron chi connectivity index (χ0n) is 12.9. The summed E-state index contributed by atoms with van der Waals surface area (Å²) < 4.78 is 0. The normalized spacial score (nSPS) is 26.0. The highest BCUT2D eigenvalue weighted by atomic mass is 15.2. The Morgan fingerprint density at radius 3 is 2.52 bits per heavy atom. The van der Waals surface area contributed by atoms with E-state index in [-0.39, 0.29) is 5.54 Å². The minimum Gasteiger partial charge on any atom is -0.361 e. The second-order valence-corrected chi connectivity index (χ2v) is 6.47. The molecule has 21 heavy (non-hydrogen) atoms. The predicted molar refractivity (Wildman–Crippen MR) is 87.3 cm³/mol. The first-order chi connectivity index (χ1) is 10.1. The minimum atomic E-state index is -0.0286. The average molecular weight is 284 g/mol. The topological polar surface area (TPSA) is 63.8 Å². The van der Waals surface area contributed by atoms with E-state index >= 15 is 0 Å². The van der Waals surface area contributed by atoms with Crippen LogP contribution in [0.15, 0.2) is 24.3 Å². The molecule has 1 aliphatic rings. The van der Waals surface area contributed by atoms with Crippen molar-refractivity contribution in [2.45, 2.75) is 45.1 Å². The Kier molecular flexibility index (Phi) is 3.81. The highest BCUT2D eigenvalue weighted by molar-refractivity contribution is 5.93. The summed E-state index contributed by atoms with van der Waals surface area (Å²) in [4.78, 5) is 0. The molecule has 2 aromatic rings. The number of nitrogens with two attached hydrogens (primary N) is 1. The van der Waals surface area contributed by atoms with E-state index in [1.54, 1.807) is 0 Å². The first-order valence-electron chi connectivity index (χ1n) is 7.84. The van der Waals surface area contributed by atoms with E-state index in [0.29, 0.717) is 6.54 Å². The van der Waals surface area contributed by atoms with Crippen LogP contribution in [-0.2, 0) is 0 Å². The van der Waals surface area contributed by atoms with E-state index < -0.39 is 0 Å². The molecule has 112 valence electrons. The first kappa shape index (κ1) is 14.3. The molecule has 0 bridgehead atoms. The van der Waals surface area contributed by atoms with Crippen LogP contribution in [0.4, 0.5) is 5.82 Å². The fourth-order valence-electron chi connectivity index (χ4n) is 3.28. The van der Waals surface area contributed by atoms with Crippen LogP contribution < -0.4 is 11.1 Å². The van der Waals surface area contributed by atoms with Crippen LogP contribution in [0.5, 0.6) is 0 Å². The Bertz CT molecular complexity index is 630. The lowest BCUT2D eigenvalue weighted by Crippen LogP contribution is -2.48. The van der Waals surface area contributed by atoms with Gasteiger partial charge in [0.1, 0.15) is 0 Å². The van der Waals surface area contributed by atoms with Crippen molar-refractivity contribution < 1.29 is 0 Å². The highest BCUT2D eigenvalue weighted by Gasteiger charge is 2.33. The number of benzene rings is 1. The molecule has 3 rings (SSSR count). The molecule has 0 atom stereocenters. The number of rotatable bonds is 3. The van der Waals surface area contributed by atoms with Crippen molar-refractivity contribution in [1.82, 2.24) is 10.2 Å². The molecular formula is C17H24N4. The monoisotopic (exact) mass is 284 g/mol. The van der Waals surface area contributed by atoms with Gasteiger partial charge in [0.25, 0.3) is 0 Å². The van der Waals surface area contributed by atoms with Crippen molar-refractivity contribution in [1.29, 1.82) is 0 Å². The number of hydrogen-bond donors (Lipinski definition) is 2. The summed E-state index contributed by atoms with van der Waals surface area (Å²) in [6.45, 7) is 4.96. The second-order valence-electron chi connectivity index (χ2n) is 6.47. The molecule has 4 heteroatoms. The number of aryl methyl sites for hydroxylation is 1. The van der Waals surface area contributed by atoms with E-state index in [1.165, 1.54) is 12.8 Å². The van der Waals surface area contributed by atoms with Gasteiger partial charge in [-0.05, 0) is 38.5 Å². The van der Waals surface area contributed by atoms with E-state index in [2.05, 4.69) is 34.6 Å². The van der Waals surface area contributed by atoms with Gasteiger partial charge in [-0.25, -0.2) is 0 Å². The van der Waals surface area contributed by atoms with Gasteiger partial charge in [-0.2, -0.15) is 5.10 Å². The maximum atomic E-state index is 6.09. The molecule has 1 aromatic heterocycles. The summed E-state index contributed by atoms with van der Waals surface area (Å²) in [5.41, 5.74) is 7.03. The molecule has 4 nitrogen and oxygen atoms in total. The van der Waals surface area contributed by atoms with Crippen molar-refractivity contribution in [2.75, 3.05) is 11.9 Å². The van der Waals surface area contributed by atoms with Crippen LogP contribution in [0.3, 0.4) is 0 Å². The van der Waals surface area contributed by atoms with Crippen LogP contribution in [0.25, 0.3) is 10.8 Å². The summed E-state index contributed by atoms with van der Waals surface area (Å²) in [7, 11) is 0. The van der Waals surface area contributed by atoms with Gasteiger partial charge < -0.3 is 11.1 Å². The fourth-order valence-corrected chi connectivity index (χ4v) is 3.28. The van der Waals surface area contributed by atoms with Gasteiger partial charge in [-0.1, -0.05) is 31.2 Å². The number of anilines is 1. The maximum absolute atomic E-state index is 6.09. The van der Waals surface area contributed by atoms with Crippen LogP contribution >= 0.6 is 0 Å². The number of hydrogen-bond acceptors (Lipinski definition) is 4. The lowest BCUT2D eigenvalue weighted by atomic mass is 9.77. The van der Waals surface area contributed by atoms with E-state index in [4.69, 9.17) is 5.73 Å². The summed E-state index contributed by atoms with van der Waals surface area (Å²) in [5, 5.41) is 14.6. The molecule has 1 saturated carbocycles. The van der Waals surface area contributed by atoms with Crippen molar-refractivity contribution in [3.8, 4) is 0 Å². The van der Waals surface area contributed by atoms with Crippen molar-refractivity contribution in [2.24, 2.45) is 11.7 Å². The molecule has 1 heterocycles. The summed E-state index contributed by atoms with van der Waals surface area (Å²) in [6, 6.07) is 8.30. The van der Waals surface area contributed by atoms with Gasteiger partial charge in [-0.15, -0.1) is 5.10 Å². The van der Waals surface area contributed by atoms with Crippen molar-refractivity contribution >= 4 is 16.6 Å². The molecule has 0 unspecified atom stereocenters. The van der Waals surface area contributed by atoms with Gasteiger partial charge in [0.2, 0.25) is 0 Å². The smallest absolute Gasteiger partial charge is 0.157 e. The largest absolute Gasteiger partial charge is 0.361 e. The molecule has 0 radical (unpaired) electrons. The standard InChI is InChI=1S/C17H24N4/c1-12-7-9-17(11-18,10-8-12)19-16-15-6-4-3-5-14(15)13(2)20-21-16/h3-6,12H,7-11,18H2,1-2H3,(H,19,21). The Hall–Kier alpha value is -1.68. The Balaban J connectivity index is 1.96. The van der Waals surface area contributed by atoms with Gasteiger partial charge in [-0.3, -0.25) is 0 Å². The molecule has 0 saturated heterocycles. The van der Waals surface area contributed by atoms with Crippen LogP contribution in [0, 0.1) is 12.8 Å². The summed E-state index contributed by atoms with van der Waals surface area (Å²) in [6.07, 6.45) is 4.66. The summed E-state index contributed by atoms with van der Waals surface area (Å²) >= 11 is 0. The van der Waals surface area contributed by atoms with E-state index in [0.717, 1.165) is 41.0 Å². The Morgan fingerprint density at radius 2 is 1.86 bits per heavy atom. The lowest BCUT2D eigenvalue weighted by molar-refractivity contribution is 0.271. The van der Waals surface area contributed by atoms with Gasteiger partial charge in [0.15, 0.2) is 5.82 Å². The fraction of sp³-hybridized carbons (Fsp3) is 0.529. The number of nitrogens with one attached hydrogen (secondary N) is 1. The minimum absolute atomic E-state index is 0.0286. The SMILES string of the molecule is Cc1nnc(NC2(CN)CCC(C)CC2)c2ccccc12. The molecule has 3 N–H and O–H groups in total. The van der Waals surface area contributed by atoms with Crippen LogP contribution in [-0.4, -0.2) is 22.3 Å². The first-order valence-corrected chi connectivity index (χ1v) is 7.84. The number of fused-ring (bicyclic) bond motifs is 1. The quantitative estimate of drug-likeness (QED) is 0.908. The molecule has 0 amide bonds. The van der Waals surface area contributed by atoms with Gasteiger partial charge >= 0.3 is 0 Å². The molecule has 1 aliphatic carbocycles. The molecule has 1 fully saturated rings.